The number of carbonyl (C=O) groups is 2. The molecule has 0 bridgehead atoms. The highest BCUT2D eigenvalue weighted by molar-refractivity contribution is 7.13. The Balaban J connectivity index is 1.49. The topological polar surface area (TPSA) is 83.9 Å². The summed E-state index contributed by atoms with van der Waals surface area (Å²) in [5.74, 6) is 0.324. The summed E-state index contributed by atoms with van der Waals surface area (Å²) in [7, 11) is 1.62. The minimum absolute atomic E-state index is 0.0639. The smallest absolute Gasteiger partial charge is 0.243 e. The molecule has 0 aliphatic carbocycles. The van der Waals surface area contributed by atoms with Gasteiger partial charge in [-0.1, -0.05) is 42.5 Å². The van der Waals surface area contributed by atoms with E-state index in [0.717, 1.165) is 28.3 Å². The number of carbonyl (C=O) groups excluding carboxylic acids is 2. The van der Waals surface area contributed by atoms with Gasteiger partial charge in [0.15, 0.2) is 5.13 Å². The van der Waals surface area contributed by atoms with Crippen molar-refractivity contribution in [2.24, 2.45) is 5.10 Å². The molecule has 2 aromatic carbocycles. The Morgan fingerprint density at radius 3 is 2.53 bits per heavy atom. The van der Waals surface area contributed by atoms with Crippen LogP contribution in [0.2, 0.25) is 0 Å². The Morgan fingerprint density at radius 2 is 1.88 bits per heavy atom. The van der Waals surface area contributed by atoms with Gasteiger partial charge in [-0.05, 0) is 30.2 Å². The van der Waals surface area contributed by atoms with E-state index in [0.29, 0.717) is 11.6 Å². The minimum Gasteiger partial charge on any atom is -0.497 e. The molecular weight excluding hydrogens is 424 g/mol. The average molecular weight is 449 g/mol. The zero-order valence-corrected chi connectivity index (χ0v) is 18.8. The quantitative estimate of drug-likeness (QED) is 0.574. The Bertz CT molecular complexity index is 1130. The minimum atomic E-state index is -0.236. The van der Waals surface area contributed by atoms with Crippen LogP contribution in [0, 0.1) is 6.92 Å². The van der Waals surface area contributed by atoms with Crippen LogP contribution < -0.4 is 10.1 Å². The Kier molecular flexibility index (Phi) is 6.61. The number of rotatable bonds is 7. The van der Waals surface area contributed by atoms with Crippen molar-refractivity contribution < 1.29 is 14.3 Å². The Hall–Kier alpha value is -3.52. The van der Waals surface area contributed by atoms with E-state index in [4.69, 9.17) is 4.74 Å². The number of aromatic nitrogens is 1. The molecule has 0 spiro atoms. The van der Waals surface area contributed by atoms with Gasteiger partial charge in [-0.2, -0.15) is 5.10 Å². The van der Waals surface area contributed by atoms with Crippen LogP contribution in [0.3, 0.4) is 0 Å². The van der Waals surface area contributed by atoms with Crippen molar-refractivity contribution in [3.05, 3.63) is 76.8 Å². The van der Waals surface area contributed by atoms with Crippen molar-refractivity contribution in [1.29, 1.82) is 0 Å². The Labute approximate surface area is 190 Å². The van der Waals surface area contributed by atoms with Crippen LogP contribution in [0.4, 0.5) is 5.13 Å². The fraction of sp³-hybridized carbons (Fsp3) is 0.250. The molecule has 1 aromatic heterocycles. The number of hydrogen-bond donors (Lipinski definition) is 1. The number of nitrogens with zero attached hydrogens (tertiary/aromatic N) is 3. The maximum Gasteiger partial charge on any atom is 0.243 e. The molecule has 3 aromatic rings. The number of methoxy groups -OCH3 is 1. The van der Waals surface area contributed by atoms with Gasteiger partial charge in [0.25, 0.3) is 0 Å². The predicted molar refractivity (Wildman–Crippen MR) is 125 cm³/mol. The van der Waals surface area contributed by atoms with Gasteiger partial charge < -0.3 is 10.1 Å². The van der Waals surface area contributed by atoms with E-state index in [-0.39, 0.29) is 30.7 Å². The third-order valence-electron chi connectivity index (χ3n) is 5.20. The number of hydrogen-bond acceptors (Lipinski definition) is 6. The normalized spacial score (nSPS) is 15.4. The van der Waals surface area contributed by atoms with Crippen molar-refractivity contribution in [1.82, 2.24) is 9.99 Å². The van der Waals surface area contributed by atoms with Gasteiger partial charge in [0, 0.05) is 24.6 Å². The van der Waals surface area contributed by atoms with E-state index < -0.39 is 0 Å². The van der Waals surface area contributed by atoms with Crippen molar-refractivity contribution >= 4 is 34.0 Å². The van der Waals surface area contributed by atoms with Crippen molar-refractivity contribution in [3.63, 3.8) is 0 Å². The lowest BCUT2D eigenvalue weighted by molar-refractivity contribution is -0.134. The van der Waals surface area contributed by atoms with Crippen LogP contribution in [0.25, 0.3) is 0 Å². The summed E-state index contributed by atoms with van der Waals surface area (Å²) in [5.41, 5.74) is 3.65. The largest absolute Gasteiger partial charge is 0.497 e. The van der Waals surface area contributed by atoms with Gasteiger partial charge >= 0.3 is 0 Å². The molecule has 1 N–H and O–H groups in total. The molecule has 1 unspecified atom stereocenters. The zero-order chi connectivity index (χ0) is 22.5. The number of anilines is 1. The Morgan fingerprint density at radius 1 is 1.12 bits per heavy atom. The second-order valence-electron chi connectivity index (χ2n) is 7.49. The number of amides is 2. The molecule has 0 radical (unpaired) electrons. The number of benzene rings is 2. The lowest BCUT2D eigenvalue weighted by atomic mass is 9.98. The second kappa shape index (κ2) is 9.74. The standard InChI is InChI=1S/C24H24N4O3S/c1-16-15-32-24(25-16)26-22(29)12-13-23(30)28-21(18-8-10-19(31-2)11-9-18)14-20(27-28)17-6-4-3-5-7-17/h3-11,15,21H,12-14H2,1-2H3,(H,25,26,29). The third kappa shape index (κ3) is 5.03. The van der Waals surface area contributed by atoms with E-state index in [2.05, 4.69) is 15.4 Å². The molecule has 32 heavy (non-hydrogen) atoms. The highest BCUT2D eigenvalue weighted by Crippen LogP contribution is 2.34. The molecule has 2 heterocycles. The van der Waals surface area contributed by atoms with E-state index in [1.165, 1.54) is 16.3 Å². The number of aryl methyl sites for hydroxylation is 1. The average Bonchev–Trinajstić information content (AvgIpc) is 3.44. The summed E-state index contributed by atoms with van der Waals surface area (Å²) < 4.78 is 5.25. The number of hydrazone groups is 1. The SMILES string of the molecule is COc1ccc(C2CC(c3ccccc3)=NN2C(=O)CCC(=O)Nc2nc(C)cs2)cc1. The van der Waals surface area contributed by atoms with Gasteiger partial charge in [0.1, 0.15) is 5.75 Å². The van der Waals surface area contributed by atoms with Crippen LogP contribution in [-0.4, -0.2) is 34.6 Å². The van der Waals surface area contributed by atoms with Crippen LogP contribution in [-0.2, 0) is 9.59 Å². The molecule has 1 aliphatic heterocycles. The summed E-state index contributed by atoms with van der Waals surface area (Å²) in [6, 6.07) is 17.3. The van der Waals surface area contributed by atoms with Crippen LogP contribution >= 0.6 is 11.3 Å². The monoisotopic (exact) mass is 448 g/mol. The maximum absolute atomic E-state index is 13.1. The first-order valence-corrected chi connectivity index (χ1v) is 11.2. The molecule has 0 fully saturated rings. The molecule has 2 amide bonds. The predicted octanol–water partition coefficient (Wildman–Crippen LogP) is 4.56. The molecule has 1 aliphatic rings. The van der Waals surface area contributed by atoms with E-state index in [9.17, 15) is 9.59 Å². The van der Waals surface area contributed by atoms with Crippen molar-refractivity contribution in [2.45, 2.75) is 32.2 Å². The summed E-state index contributed by atoms with van der Waals surface area (Å²) >= 11 is 1.37. The first-order valence-electron chi connectivity index (χ1n) is 10.3. The second-order valence-corrected chi connectivity index (χ2v) is 8.34. The van der Waals surface area contributed by atoms with Crippen LogP contribution in [0.1, 0.15) is 42.1 Å². The molecule has 8 heteroatoms. The zero-order valence-electron chi connectivity index (χ0n) is 17.9. The first-order chi connectivity index (χ1) is 15.5. The molecule has 7 nitrogen and oxygen atoms in total. The summed E-state index contributed by atoms with van der Waals surface area (Å²) in [6.07, 6.45) is 0.737. The molecular formula is C24H24N4O3S. The van der Waals surface area contributed by atoms with Gasteiger partial charge in [-0.25, -0.2) is 9.99 Å². The molecule has 4 rings (SSSR count). The van der Waals surface area contributed by atoms with Gasteiger partial charge in [-0.15, -0.1) is 11.3 Å². The summed E-state index contributed by atoms with van der Waals surface area (Å²) in [5, 5.41) is 11.3. The fourth-order valence-corrected chi connectivity index (χ4v) is 4.26. The fourth-order valence-electron chi connectivity index (χ4n) is 3.56. The summed E-state index contributed by atoms with van der Waals surface area (Å²) in [4.78, 5) is 29.6. The van der Waals surface area contributed by atoms with Crippen LogP contribution in [0.15, 0.2) is 65.1 Å². The third-order valence-corrected chi connectivity index (χ3v) is 6.08. The number of thiazole rings is 1. The van der Waals surface area contributed by atoms with Gasteiger partial charge in [0.05, 0.1) is 24.6 Å². The molecule has 0 saturated heterocycles. The number of ether oxygens (including phenoxy) is 1. The lowest BCUT2D eigenvalue weighted by Crippen LogP contribution is -2.28. The van der Waals surface area contributed by atoms with E-state index >= 15 is 0 Å². The van der Waals surface area contributed by atoms with Gasteiger partial charge in [0.2, 0.25) is 11.8 Å². The highest BCUT2D eigenvalue weighted by Gasteiger charge is 2.33. The molecule has 164 valence electrons. The molecule has 0 saturated carbocycles. The van der Waals surface area contributed by atoms with Crippen molar-refractivity contribution in [2.75, 3.05) is 12.4 Å². The van der Waals surface area contributed by atoms with E-state index in [1.54, 1.807) is 7.11 Å². The van der Waals surface area contributed by atoms with E-state index in [1.807, 2.05) is 66.9 Å². The van der Waals surface area contributed by atoms with Crippen molar-refractivity contribution in [3.8, 4) is 5.75 Å². The summed E-state index contributed by atoms with van der Waals surface area (Å²) in [6.45, 7) is 1.87. The van der Waals surface area contributed by atoms with Crippen LogP contribution in [0.5, 0.6) is 5.75 Å². The highest BCUT2D eigenvalue weighted by atomic mass is 32.1. The maximum atomic E-state index is 13.1. The van der Waals surface area contributed by atoms with Gasteiger partial charge in [-0.3, -0.25) is 9.59 Å². The number of nitrogens with one attached hydrogen (secondary N) is 1. The molecule has 1 atom stereocenters. The first kappa shape index (κ1) is 21.7. The lowest BCUT2D eigenvalue weighted by Gasteiger charge is -2.22.